The fourth-order valence-corrected chi connectivity index (χ4v) is 1.66. The number of ether oxygens (including phenoxy) is 2. The number of methoxy groups -OCH3 is 2. The lowest BCUT2D eigenvalue weighted by Crippen LogP contribution is -1.94. The molecule has 0 atom stereocenters. The van der Waals surface area contributed by atoms with Crippen molar-refractivity contribution in [2.45, 2.75) is 6.61 Å². The van der Waals surface area contributed by atoms with Crippen molar-refractivity contribution >= 4 is 0 Å². The molecule has 1 N–H and O–H groups in total. The molecule has 0 radical (unpaired) electrons. The van der Waals surface area contributed by atoms with Crippen LogP contribution in [0, 0.1) is 0 Å². The number of hydrogen-bond donors (Lipinski definition) is 1. The van der Waals surface area contributed by atoms with Crippen LogP contribution in [-0.2, 0) is 6.61 Å². The Labute approximate surface area is 98.6 Å². The van der Waals surface area contributed by atoms with Crippen molar-refractivity contribution in [3.05, 3.63) is 30.3 Å². The van der Waals surface area contributed by atoms with Gasteiger partial charge in [-0.1, -0.05) is 6.07 Å². The first-order valence-corrected chi connectivity index (χ1v) is 5.06. The fourth-order valence-electron chi connectivity index (χ4n) is 1.66. The molecule has 0 aliphatic rings. The number of hydrogen-bond acceptors (Lipinski definition) is 5. The van der Waals surface area contributed by atoms with Gasteiger partial charge in [-0.2, -0.15) is 0 Å². The van der Waals surface area contributed by atoms with Gasteiger partial charge in [0, 0.05) is 0 Å². The van der Waals surface area contributed by atoms with E-state index in [4.69, 9.17) is 13.9 Å². The molecular weight excluding hydrogens is 222 g/mol. The summed E-state index contributed by atoms with van der Waals surface area (Å²) in [6.45, 7) is -0.201. The van der Waals surface area contributed by atoms with Crippen LogP contribution < -0.4 is 9.47 Å². The maximum atomic E-state index is 9.19. The Morgan fingerprint density at radius 3 is 2.41 bits per heavy atom. The molecule has 2 aromatic rings. The first-order valence-electron chi connectivity index (χ1n) is 5.06. The second kappa shape index (κ2) is 4.88. The zero-order valence-electron chi connectivity index (χ0n) is 9.64. The molecule has 0 bridgehead atoms. The summed E-state index contributed by atoms with van der Waals surface area (Å²) in [6.07, 6.45) is 1.28. The lowest BCUT2D eigenvalue weighted by molar-refractivity contribution is 0.277. The van der Waals surface area contributed by atoms with Crippen LogP contribution in [0.15, 0.2) is 29.0 Å². The van der Waals surface area contributed by atoms with E-state index >= 15 is 0 Å². The number of aromatic nitrogens is 1. The van der Waals surface area contributed by atoms with Gasteiger partial charge < -0.3 is 19.0 Å². The second-order valence-corrected chi connectivity index (χ2v) is 3.32. The Kier molecular flexibility index (Phi) is 3.30. The minimum atomic E-state index is -0.201. The van der Waals surface area contributed by atoms with Gasteiger partial charge in [-0.25, -0.2) is 4.98 Å². The monoisotopic (exact) mass is 235 g/mol. The molecule has 0 fully saturated rings. The molecule has 17 heavy (non-hydrogen) atoms. The summed E-state index contributed by atoms with van der Waals surface area (Å²) in [5, 5.41) is 9.19. The summed E-state index contributed by atoms with van der Waals surface area (Å²) >= 11 is 0. The molecule has 0 saturated carbocycles. The molecule has 0 unspecified atom stereocenters. The smallest absolute Gasteiger partial charge is 0.181 e. The number of aliphatic hydroxyl groups is 1. The van der Waals surface area contributed by atoms with Crippen molar-refractivity contribution in [3.8, 4) is 22.8 Å². The number of oxazole rings is 1. The highest BCUT2D eigenvalue weighted by atomic mass is 16.5. The van der Waals surface area contributed by atoms with E-state index in [9.17, 15) is 5.11 Å². The average molecular weight is 235 g/mol. The molecule has 0 amide bonds. The molecule has 5 heteroatoms. The van der Waals surface area contributed by atoms with Gasteiger partial charge in [-0.3, -0.25) is 0 Å². The zero-order chi connectivity index (χ0) is 12.3. The molecule has 2 rings (SSSR count). The van der Waals surface area contributed by atoms with Crippen LogP contribution in [-0.4, -0.2) is 24.3 Å². The number of rotatable bonds is 4. The molecule has 1 aromatic carbocycles. The van der Waals surface area contributed by atoms with Crippen LogP contribution in [0.25, 0.3) is 11.3 Å². The van der Waals surface area contributed by atoms with Crippen LogP contribution in [0.3, 0.4) is 0 Å². The van der Waals surface area contributed by atoms with Crippen LogP contribution in [0.5, 0.6) is 11.5 Å². The Morgan fingerprint density at radius 2 is 1.88 bits per heavy atom. The van der Waals surface area contributed by atoms with Crippen molar-refractivity contribution in [1.82, 2.24) is 4.98 Å². The summed E-state index contributed by atoms with van der Waals surface area (Å²) in [4.78, 5) is 3.93. The summed E-state index contributed by atoms with van der Waals surface area (Å²) in [5.41, 5.74) is 1.10. The molecule has 0 aliphatic heterocycles. The third kappa shape index (κ3) is 1.97. The standard InChI is InChI=1S/C12H13NO4/c1-15-9-4-3-5-10(16-2)11(9)12-8(6-14)13-7-17-12/h3-5,7,14H,6H2,1-2H3. The van der Waals surface area contributed by atoms with Gasteiger partial charge in [0.2, 0.25) is 0 Å². The minimum absolute atomic E-state index is 0.201. The van der Waals surface area contributed by atoms with Gasteiger partial charge in [0.15, 0.2) is 12.2 Å². The maximum absolute atomic E-state index is 9.19. The van der Waals surface area contributed by atoms with Crippen molar-refractivity contribution in [3.63, 3.8) is 0 Å². The largest absolute Gasteiger partial charge is 0.496 e. The van der Waals surface area contributed by atoms with Crippen molar-refractivity contribution < 1.29 is 19.0 Å². The van der Waals surface area contributed by atoms with Crippen molar-refractivity contribution in [1.29, 1.82) is 0 Å². The van der Waals surface area contributed by atoms with E-state index in [1.54, 1.807) is 26.4 Å². The highest BCUT2D eigenvalue weighted by Crippen LogP contribution is 2.39. The van der Waals surface area contributed by atoms with Gasteiger partial charge in [-0.15, -0.1) is 0 Å². The third-order valence-corrected chi connectivity index (χ3v) is 2.45. The quantitative estimate of drug-likeness (QED) is 0.876. The Bertz CT molecular complexity index is 485. The summed E-state index contributed by atoms with van der Waals surface area (Å²) in [5.74, 6) is 1.67. The summed E-state index contributed by atoms with van der Waals surface area (Å²) in [6, 6.07) is 5.40. The van der Waals surface area contributed by atoms with Gasteiger partial charge in [-0.05, 0) is 12.1 Å². The number of aliphatic hydroxyl groups excluding tert-OH is 1. The fraction of sp³-hybridized carbons (Fsp3) is 0.250. The van der Waals surface area contributed by atoms with E-state index in [0.29, 0.717) is 28.5 Å². The molecular formula is C12H13NO4. The van der Waals surface area contributed by atoms with Crippen molar-refractivity contribution in [2.24, 2.45) is 0 Å². The Balaban J connectivity index is 2.64. The minimum Gasteiger partial charge on any atom is -0.496 e. The van der Waals surface area contributed by atoms with Gasteiger partial charge >= 0.3 is 0 Å². The number of benzene rings is 1. The van der Waals surface area contributed by atoms with E-state index < -0.39 is 0 Å². The summed E-state index contributed by atoms with van der Waals surface area (Å²) in [7, 11) is 3.13. The van der Waals surface area contributed by atoms with E-state index in [-0.39, 0.29) is 6.61 Å². The van der Waals surface area contributed by atoms with E-state index in [1.807, 2.05) is 6.07 Å². The zero-order valence-corrected chi connectivity index (χ0v) is 9.64. The lowest BCUT2D eigenvalue weighted by Gasteiger charge is -2.11. The van der Waals surface area contributed by atoms with Gasteiger partial charge in [0.25, 0.3) is 0 Å². The predicted octanol–water partition coefficient (Wildman–Crippen LogP) is 1.85. The first-order chi connectivity index (χ1) is 8.31. The predicted molar refractivity (Wildman–Crippen MR) is 61.0 cm³/mol. The molecule has 90 valence electrons. The molecule has 1 heterocycles. The second-order valence-electron chi connectivity index (χ2n) is 3.32. The molecule has 5 nitrogen and oxygen atoms in total. The molecule has 0 saturated heterocycles. The number of nitrogens with zero attached hydrogens (tertiary/aromatic N) is 1. The van der Waals surface area contributed by atoms with E-state index in [0.717, 1.165) is 0 Å². The molecule has 0 spiro atoms. The van der Waals surface area contributed by atoms with Crippen LogP contribution in [0.4, 0.5) is 0 Å². The Hall–Kier alpha value is -2.01. The average Bonchev–Trinajstić information content (AvgIpc) is 2.85. The van der Waals surface area contributed by atoms with Crippen LogP contribution in [0.2, 0.25) is 0 Å². The first kappa shape index (κ1) is 11.5. The van der Waals surface area contributed by atoms with Crippen molar-refractivity contribution in [2.75, 3.05) is 14.2 Å². The van der Waals surface area contributed by atoms with E-state index in [2.05, 4.69) is 4.98 Å². The molecule has 0 aliphatic carbocycles. The van der Waals surface area contributed by atoms with Gasteiger partial charge in [0.05, 0.1) is 20.8 Å². The highest BCUT2D eigenvalue weighted by molar-refractivity contribution is 5.74. The Morgan fingerprint density at radius 1 is 1.24 bits per heavy atom. The van der Waals surface area contributed by atoms with Crippen LogP contribution in [0.1, 0.15) is 5.69 Å². The lowest BCUT2D eigenvalue weighted by atomic mass is 10.1. The normalized spacial score (nSPS) is 10.3. The maximum Gasteiger partial charge on any atom is 0.181 e. The topological polar surface area (TPSA) is 64.7 Å². The van der Waals surface area contributed by atoms with Crippen LogP contribution >= 0.6 is 0 Å². The van der Waals surface area contributed by atoms with Gasteiger partial charge in [0.1, 0.15) is 22.8 Å². The third-order valence-electron chi connectivity index (χ3n) is 2.45. The molecule has 1 aromatic heterocycles. The highest BCUT2D eigenvalue weighted by Gasteiger charge is 2.19. The SMILES string of the molecule is COc1cccc(OC)c1-c1ocnc1CO. The van der Waals surface area contributed by atoms with E-state index in [1.165, 1.54) is 6.39 Å². The summed E-state index contributed by atoms with van der Waals surface area (Å²) < 4.78 is 15.8.